The van der Waals surface area contributed by atoms with Crippen molar-refractivity contribution in [1.82, 2.24) is 9.36 Å². The van der Waals surface area contributed by atoms with Gasteiger partial charge in [-0.3, -0.25) is 10.1 Å². The van der Waals surface area contributed by atoms with Crippen molar-refractivity contribution in [2.45, 2.75) is 18.5 Å². The predicted octanol–water partition coefficient (Wildman–Crippen LogP) is 3.73. The van der Waals surface area contributed by atoms with Crippen molar-refractivity contribution in [1.29, 1.82) is 5.26 Å². The Hall–Kier alpha value is -3.95. The zero-order valence-electron chi connectivity index (χ0n) is 19.6. The summed E-state index contributed by atoms with van der Waals surface area (Å²) in [6.07, 6.45) is 2.03. The van der Waals surface area contributed by atoms with E-state index in [1.807, 2.05) is 36.4 Å². The number of amides is 1. The van der Waals surface area contributed by atoms with Gasteiger partial charge >= 0.3 is 0 Å². The predicted molar refractivity (Wildman–Crippen MR) is 135 cm³/mol. The highest BCUT2D eigenvalue weighted by Gasteiger charge is 2.20. The molecule has 0 saturated carbocycles. The fourth-order valence-corrected chi connectivity index (χ4v) is 4.42. The molecule has 1 aromatic heterocycles. The Balaban J connectivity index is 1.61. The molecule has 0 bridgehead atoms. The third-order valence-electron chi connectivity index (χ3n) is 4.71. The maximum Gasteiger partial charge on any atom is 0.268 e. The van der Waals surface area contributed by atoms with E-state index in [9.17, 15) is 18.5 Å². The van der Waals surface area contributed by atoms with E-state index in [4.69, 9.17) is 14.2 Å². The number of ether oxygens (including phenoxy) is 3. The molecule has 2 aromatic carbocycles. The van der Waals surface area contributed by atoms with Gasteiger partial charge in [0.25, 0.3) is 11.1 Å². The van der Waals surface area contributed by atoms with Crippen molar-refractivity contribution >= 4 is 38.5 Å². The number of para-hydroxylation sites is 1. The van der Waals surface area contributed by atoms with Crippen LogP contribution in [0.3, 0.4) is 0 Å². The van der Waals surface area contributed by atoms with Gasteiger partial charge in [0.05, 0.1) is 26.1 Å². The van der Waals surface area contributed by atoms with Crippen LogP contribution in [-0.4, -0.2) is 49.8 Å². The number of hydrogen-bond donors (Lipinski definition) is 1. The highest BCUT2D eigenvalue weighted by molar-refractivity contribution is 7.91. The van der Waals surface area contributed by atoms with Crippen molar-refractivity contribution in [3.63, 3.8) is 0 Å². The lowest BCUT2D eigenvalue weighted by Crippen LogP contribution is -2.13. The van der Waals surface area contributed by atoms with Gasteiger partial charge in [0.1, 0.15) is 17.4 Å². The Labute approximate surface area is 213 Å². The minimum absolute atomic E-state index is 0.0225. The Morgan fingerprint density at radius 2 is 1.89 bits per heavy atom. The van der Waals surface area contributed by atoms with Crippen molar-refractivity contribution in [2.75, 3.05) is 31.4 Å². The number of carbonyl (C=O) groups is 1. The summed E-state index contributed by atoms with van der Waals surface area (Å²) in [5.74, 6) is 0.830. The molecule has 36 heavy (non-hydrogen) atoms. The van der Waals surface area contributed by atoms with Crippen molar-refractivity contribution in [2.24, 2.45) is 0 Å². The lowest BCUT2D eigenvalue weighted by atomic mass is 10.1. The molecule has 1 heterocycles. The first-order valence-electron chi connectivity index (χ1n) is 10.8. The molecule has 0 fully saturated rings. The summed E-state index contributed by atoms with van der Waals surface area (Å²) in [5, 5.41) is 11.5. The number of anilines is 1. The van der Waals surface area contributed by atoms with E-state index < -0.39 is 15.7 Å². The molecule has 0 atom stereocenters. The third-order valence-corrected chi connectivity index (χ3v) is 6.95. The number of nitriles is 1. The van der Waals surface area contributed by atoms with Gasteiger partial charge in [-0.1, -0.05) is 31.2 Å². The smallest absolute Gasteiger partial charge is 0.268 e. The molecule has 3 rings (SSSR count). The first-order valence-corrected chi connectivity index (χ1v) is 13.3. The summed E-state index contributed by atoms with van der Waals surface area (Å²) >= 11 is 0.718. The molecule has 0 aliphatic carbocycles. The molecule has 0 radical (unpaired) electrons. The van der Waals surface area contributed by atoms with Gasteiger partial charge in [0.2, 0.25) is 15.0 Å². The third kappa shape index (κ3) is 7.27. The molecule has 0 spiro atoms. The van der Waals surface area contributed by atoms with Gasteiger partial charge in [-0.25, -0.2) is 8.42 Å². The molecule has 0 saturated heterocycles. The second kappa shape index (κ2) is 12.7. The average Bonchev–Trinajstić information content (AvgIpc) is 3.37. The van der Waals surface area contributed by atoms with E-state index >= 15 is 0 Å². The maximum absolute atomic E-state index is 12.5. The lowest BCUT2D eigenvalue weighted by Gasteiger charge is -2.12. The first kappa shape index (κ1) is 26.7. The van der Waals surface area contributed by atoms with E-state index in [0.717, 1.165) is 17.3 Å². The van der Waals surface area contributed by atoms with Crippen LogP contribution in [0, 0.1) is 11.3 Å². The molecule has 0 aliphatic heterocycles. The van der Waals surface area contributed by atoms with Gasteiger partial charge in [0, 0.05) is 18.0 Å². The van der Waals surface area contributed by atoms with Crippen LogP contribution < -0.4 is 19.5 Å². The number of rotatable bonds is 12. The molecule has 0 aliphatic rings. The number of carbonyl (C=O) groups excluding carboxylic acids is 1. The molecule has 1 N–H and O–H groups in total. The Bertz CT molecular complexity index is 1360. The normalized spacial score (nSPS) is 11.4. The number of methoxy groups -OCH3 is 1. The zero-order chi connectivity index (χ0) is 26.0. The minimum atomic E-state index is -3.60. The van der Waals surface area contributed by atoms with E-state index in [-0.39, 0.29) is 21.6 Å². The first-order chi connectivity index (χ1) is 17.4. The zero-order valence-corrected chi connectivity index (χ0v) is 21.3. The molecule has 12 heteroatoms. The van der Waals surface area contributed by atoms with Crippen molar-refractivity contribution in [3.8, 4) is 23.3 Å². The Morgan fingerprint density at radius 1 is 1.14 bits per heavy atom. The lowest BCUT2D eigenvalue weighted by molar-refractivity contribution is -0.112. The molecule has 1 amide bonds. The summed E-state index contributed by atoms with van der Waals surface area (Å²) in [4.78, 5) is 16.3. The quantitative estimate of drug-likeness (QED) is 0.211. The van der Waals surface area contributed by atoms with Crippen LogP contribution in [-0.2, 0) is 14.6 Å². The second-order valence-electron chi connectivity index (χ2n) is 7.18. The standard InChI is InChI=1S/C24H24N4O6S2/c1-3-36(30,31)24-27-23(35-28-24)26-22(29)18(16-25)14-17-10-11-20(21(15-17)32-2)34-13-7-12-33-19-8-5-4-6-9-19/h4-6,8-11,14-15H,3,7,12-13H2,1-2H3,(H,26,27,28,29)/b18-14-. The fourth-order valence-electron chi connectivity index (χ4n) is 2.84. The molecular weight excluding hydrogens is 504 g/mol. The van der Waals surface area contributed by atoms with Gasteiger partial charge in [-0.05, 0) is 35.9 Å². The summed E-state index contributed by atoms with van der Waals surface area (Å²) in [5.41, 5.74) is 0.323. The minimum Gasteiger partial charge on any atom is -0.493 e. The maximum atomic E-state index is 12.5. The Morgan fingerprint density at radius 3 is 2.58 bits per heavy atom. The Kier molecular flexibility index (Phi) is 9.38. The van der Waals surface area contributed by atoms with Crippen LogP contribution in [0.1, 0.15) is 18.9 Å². The monoisotopic (exact) mass is 528 g/mol. The number of nitrogens with zero attached hydrogens (tertiary/aromatic N) is 3. The summed E-state index contributed by atoms with van der Waals surface area (Å²) in [6.45, 7) is 2.37. The van der Waals surface area contributed by atoms with Gasteiger partial charge < -0.3 is 14.2 Å². The highest BCUT2D eigenvalue weighted by Crippen LogP contribution is 2.29. The number of hydrogen-bond acceptors (Lipinski definition) is 10. The van der Waals surface area contributed by atoms with E-state index in [1.54, 1.807) is 18.2 Å². The molecular formula is C24H24N4O6S2. The second-order valence-corrected chi connectivity index (χ2v) is 10.1. The van der Waals surface area contributed by atoms with E-state index in [2.05, 4.69) is 14.7 Å². The molecule has 3 aromatic rings. The van der Waals surface area contributed by atoms with Crippen molar-refractivity contribution in [3.05, 3.63) is 59.7 Å². The van der Waals surface area contributed by atoms with Crippen LogP contribution in [0.5, 0.6) is 17.2 Å². The summed E-state index contributed by atoms with van der Waals surface area (Å²) in [6, 6.07) is 16.3. The fraction of sp³-hybridized carbons (Fsp3) is 0.250. The van der Waals surface area contributed by atoms with E-state index in [0.29, 0.717) is 36.7 Å². The van der Waals surface area contributed by atoms with Crippen LogP contribution >= 0.6 is 11.5 Å². The summed E-state index contributed by atoms with van der Waals surface area (Å²) in [7, 11) is -2.11. The van der Waals surface area contributed by atoms with E-state index in [1.165, 1.54) is 20.1 Å². The van der Waals surface area contributed by atoms with Crippen LogP contribution in [0.25, 0.3) is 6.08 Å². The number of aromatic nitrogens is 2. The van der Waals surface area contributed by atoms with Crippen LogP contribution in [0.15, 0.2) is 59.3 Å². The largest absolute Gasteiger partial charge is 0.493 e. The van der Waals surface area contributed by atoms with Crippen LogP contribution in [0.2, 0.25) is 0 Å². The highest BCUT2D eigenvalue weighted by atomic mass is 32.2. The number of nitrogens with one attached hydrogen (secondary N) is 1. The molecule has 0 unspecified atom stereocenters. The van der Waals surface area contributed by atoms with Crippen molar-refractivity contribution < 1.29 is 27.4 Å². The summed E-state index contributed by atoms with van der Waals surface area (Å²) < 4.78 is 44.3. The number of sulfone groups is 1. The number of benzene rings is 2. The van der Waals surface area contributed by atoms with Gasteiger partial charge in [-0.15, -0.1) is 0 Å². The molecule has 10 nitrogen and oxygen atoms in total. The SMILES string of the molecule is CCS(=O)(=O)c1nsc(NC(=O)/C(C#N)=C\c2ccc(OCCCOc3ccccc3)c(OC)c2)n1. The van der Waals surface area contributed by atoms with Gasteiger partial charge in [0.15, 0.2) is 11.5 Å². The van der Waals surface area contributed by atoms with Gasteiger partial charge in [-0.2, -0.15) is 14.6 Å². The topological polar surface area (TPSA) is 140 Å². The average molecular weight is 529 g/mol. The molecule has 188 valence electrons. The van der Waals surface area contributed by atoms with Crippen LogP contribution in [0.4, 0.5) is 5.13 Å².